The quantitative estimate of drug-likeness (QED) is 0.604. The predicted molar refractivity (Wildman–Crippen MR) is 136 cm³/mol. The molecule has 182 valence electrons. The van der Waals surface area contributed by atoms with Crippen LogP contribution in [0, 0.1) is 5.92 Å². The molecule has 4 heterocycles. The minimum atomic E-state index is -1.05. The van der Waals surface area contributed by atoms with Crippen LogP contribution in [-0.2, 0) is 4.79 Å². The van der Waals surface area contributed by atoms with Gasteiger partial charge in [-0.2, -0.15) is 5.10 Å². The Morgan fingerprint density at radius 1 is 1.32 bits per heavy atom. The summed E-state index contributed by atoms with van der Waals surface area (Å²) in [5.74, 6) is 0.0233. The summed E-state index contributed by atoms with van der Waals surface area (Å²) in [6, 6.07) is 0.409. The molecule has 34 heavy (non-hydrogen) atoms. The molecule has 4 aliphatic heterocycles. The number of carbonyl (C=O) groups excluding carboxylic acids is 1. The normalized spacial score (nSPS) is 31.7. The number of nitrogens with zero attached hydrogens (tertiary/aromatic N) is 6. The third-order valence-corrected chi connectivity index (χ3v) is 7.82. The first-order valence-electron chi connectivity index (χ1n) is 12.0. The fraction of sp³-hybridized carbons (Fsp3) is 0.583. The summed E-state index contributed by atoms with van der Waals surface area (Å²) in [4.78, 5) is 26.6. The first kappa shape index (κ1) is 23.4. The Morgan fingerprint density at radius 3 is 2.88 bits per heavy atom. The summed E-state index contributed by atoms with van der Waals surface area (Å²) >= 11 is 3.59. The molecule has 0 radical (unpaired) electrons. The molecule has 1 amide bonds. The van der Waals surface area contributed by atoms with Crippen LogP contribution < -0.4 is 5.32 Å². The minimum absolute atomic E-state index is 0.0580. The van der Waals surface area contributed by atoms with Crippen molar-refractivity contribution in [3.8, 4) is 0 Å². The molecule has 0 saturated carbocycles. The summed E-state index contributed by atoms with van der Waals surface area (Å²) in [5.41, 5.74) is 2.22. The van der Waals surface area contributed by atoms with E-state index >= 15 is 0 Å². The zero-order chi connectivity index (χ0) is 23.8. The SMILES string of the molecule is CC1=C(CN2C=C(Br)C3=NC(=NC4C=NN(C5CCN(C)CC5)C4)NCC3C2=O)C(F)CC=C1. The number of aliphatic imine (C=N–C) groups is 2. The van der Waals surface area contributed by atoms with Gasteiger partial charge in [0.2, 0.25) is 11.9 Å². The Morgan fingerprint density at radius 2 is 2.12 bits per heavy atom. The van der Waals surface area contributed by atoms with E-state index in [1.807, 2.05) is 25.3 Å². The standard InChI is InChI=1S/C24H31BrFN7O/c1-15-4-3-5-21(26)19(15)13-32-14-20(25)22-18(23(32)34)11-27-24(30-22)29-16-10-28-33(12-16)17-6-8-31(2)9-7-17/h3-4,10,14,16-18,21H,5-9,11-13H2,1-2H3,(H,27,29). The van der Waals surface area contributed by atoms with E-state index < -0.39 is 12.1 Å². The zero-order valence-corrected chi connectivity index (χ0v) is 21.2. The number of alkyl halides is 1. The lowest BCUT2D eigenvalue weighted by Crippen LogP contribution is -2.50. The lowest BCUT2D eigenvalue weighted by atomic mass is 9.93. The summed E-state index contributed by atoms with van der Waals surface area (Å²) < 4.78 is 15.2. The van der Waals surface area contributed by atoms with Crippen LogP contribution in [0.4, 0.5) is 4.39 Å². The van der Waals surface area contributed by atoms with Crippen LogP contribution >= 0.6 is 15.9 Å². The number of piperidine rings is 1. The van der Waals surface area contributed by atoms with Gasteiger partial charge in [0.25, 0.3) is 0 Å². The van der Waals surface area contributed by atoms with Crippen LogP contribution in [0.2, 0.25) is 0 Å². The van der Waals surface area contributed by atoms with E-state index in [0.29, 0.717) is 36.3 Å². The summed E-state index contributed by atoms with van der Waals surface area (Å²) in [5, 5.41) is 9.98. The number of allylic oxidation sites excluding steroid dienone is 4. The minimum Gasteiger partial charge on any atom is -0.353 e. The van der Waals surface area contributed by atoms with Crippen molar-refractivity contribution in [2.24, 2.45) is 21.0 Å². The average molecular weight is 532 g/mol. The van der Waals surface area contributed by atoms with Crippen molar-refractivity contribution in [3.05, 3.63) is 34.0 Å². The van der Waals surface area contributed by atoms with Gasteiger partial charge in [-0.1, -0.05) is 12.2 Å². The molecule has 1 fully saturated rings. The van der Waals surface area contributed by atoms with Gasteiger partial charge in [0.15, 0.2) is 0 Å². The first-order valence-corrected chi connectivity index (χ1v) is 12.8. The average Bonchev–Trinajstić information content (AvgIpc) is 3.28. The van der Waals surface area contributed by atoms with Crippen molar-refractivity contribution in [1.29, 1.82) is 0 Å². The highest BCUT2D eigenvalue weighted by Crippen LogP contribution is 2.29. The third kappa shape index (κ3) is 4.75. The van der Waals surface area contributed by atoms with Crippen molar-refractivity contribution >= 4 is 39.7 Å². The predicted octanol–water partition coefficient (Wildman–Crippen LogP) is 2.46. The maximum atomic E-state index is 14.5. The Hall–Kier alpha value is -2.33. The highest BCUT2D eigenvalue weighted by molar-refractivity contribution is 9.12. The number of likely N-dealkylation sites (tertiary alicyclic amines) is 1. The second-order valence-corrected chi connectivity index (χ2v) is 10.5. The number of guanidine groups is 1. The Kier molecular flexibility index (Phi) is 6.70. The maximum absolute atomic E-state index is 14.5. The van der Waals surface area contributed by atoms with Crippen molar-refractivity contribution in [1.82, 2.24) is 20.1 Å². The topological polar surface area (TPSA) is 75.9 Å². The monoisotopic (exact) mass is 531 g/mol. The van der Waals surface area contributed by atoms with Gasteiger partial charge in [-0.25, -0.2) is 14.4 Å². The number of hydrogen-bond donors (Lipinski definition) is 1. The van der Waals surface area contributed by atoms with Crippen LogP contribution in [0.15, 0.2) is 49.1 Å². The Bertz CT molecular complexity index is 1020. The van der Waals surface area contributed by atoms with Gasteiger partial charge in [0.1, 0.15) is 12.2 Å². The molecule has 0 aromatic rings. The van der Waals surface area contributed by atoms with E-state index in [2.05, 4.69) is 48.3 Å². The first-order chi connectivity index (χ1) is 16.4. The molecule has 1 aliphatic carbocycles. The van der Waals surface area contributed by atoms with Crippen molar-refractivity contribution in [3.63, 3.8) is 0 Å². The van der Waals surface area contributed by atoms with Crippen LogP contribution in [0.5, 0.6) is 0 Å². The second-order valence-electron chi connectivity index (χ2n) is 9.63. The molecule has 0 spiro atoms. The van der Waals surface area contributed by atoms with E-state index in [1.165, 1.54) is 0 Å². The van der Waals surface area contributed by atoms with Crippen LogP contribution in [0.3, 0.4) is 0 Å². The second kappa shape index (κ2) is 9.73. The van der Waals surface area contributed by atoms with E-state index in [1.54, 1.807) is 11.1 Å². The number of hydrogen-bond acceptors (Lipinski definition) is 5. The van der Waals surface area contributed by atoms with Gasteiger partial charge in [-0.05, 0) is 67.0 Å². The number of rotatable bonds is 4. The number of amides is 1. The van der Waals surface area contributed by atoms with Gasteiger partial charge in [0, 0.05) is 31.8 Å². The highest BCUT2D eigenvalue weighted by Gasteiger charge is 2.38. The molecule has 3 unspecified atom stereocenters. The number of carbonyl (C=O) groups is 1. The molecule has 3 atom stereocenters. The molecular formula is C24H31BrFN7O. The van der Waals surface area contributed by atoms with Crippen LogP contribution in [0.1, 0.15) is 26.2 Å². The fourth-order valence-electron chi connectivity index (χ4n) is 5.09. The van der Waals surface area contributed by atoms with Gasteiger partial charge in [-0.3, -0.25) is 9.80 Å². The summed E-state index contributed by atoms with van der Waals surface area (Å²) in [7, 11) is 2.16. The van der Waals surface area contributed by atoms with Crippen LogP contribution in [-0.4, -0.2) is 96.6 Å². The molecule has 8 nitrogen and oxygen atoms in total. The van der Waals surface area contributed by atoms with E-state index in [-0.39, 0.29) is 18.5 Å². The van der Waals surface area contributed by atoms with E-state index in [0.717, 1.165) is 42.5 Å². The van der Waals surface area contributed by atoms with Gasteiger partial charge in [-0.15, -0.1) is 0 Å². The van der Waals surface area contributed by atoms with Crippen LogP contribution in [0.25, 0.3) is 0 Å². The van der Waals surface area contributed by atoms with Gasteiger partial charge >= 0.3 is 0 Å². The third-order valence-electron chi connectivity index (χ3n) is 7.21. The maximum Gasteiger partial charge on any atom is 0.237 e. The van der Waals surface area contributed by atoms with E-state index in [4.69, 9.17) is 4.99 Å². The zero-order valence-electron chi connectivity index (χ0n) is 19.6. The number of hydrazone groups is 1. The number of fused-ring (bicyclic) bond motifs is 1. The molecule has 0 aromatic heterocycles. The molecule has 1 N–H and O–H groups in total. The van der Waals surface area contributed by atoms with Crippen molar-refractivity contribution in [2.75, 3.05) is 39.8 Å². The lowest BCUT2D eigenvalue weighted by Gasteiger charge is -2.34. The summed E-state index contributed by atoms with van der Waals surface area (Å²) in [6.07, 6.45) is 8.92. The fourth-order valence-corrected chi connectivity index (χ4v) is 5.71. The van der Waals surface area contributed by atoms with Crippen molar-refractivity contribution < 1.29 is 9.18 Å². The van der Waals surface area contributed by atoms with Gasteiger partial charge < -0.3 is 15.1 Å². The molecule has 5 aliphatic rings. The lowest BCUT2D eigenvalue weighted by molar-refractivity contribution is -0.130. The number of halogens is 2. The molecule has 1 saturated heterocycles. The molecule has 0 aromatic carbocycles. The Labute approximate surface area is 208 Å². The molecular weight excluding hydrogens is 501 g/mol. The molecule has 0 bridgehead atoms. The highest BCUT2D eigenvalue weighted by atomic mass is 79.9. The van der Waals surface area contributed by atoms with E-state index in [9.17, 15) is 9.18 Å². The van der Waals surface area contributed by atoms with Gasteiger partial charge in [0.05, 0.1) is 28.9 Å². The smallest absolute Gasteiger partial charge is 0.237 e. The largest absolute Gasteiger partial charge is 0.353 e. The molecule has 5 rings (SSSR count). The van der Waals surface area contributed by atoms with Crippen molar-refractivity contribution in [2.45, 2.75) is 44.4 Å². The summed E-state index contributed by atoms with van der Waals surface area (Å²) in [6.45, 7) is 5.50. The Balaban J connectivity index is 1.27. The molecule has 10 heteroatoms. The number of nitrogens with one attached hydrogen (secondary N) is 1.